The zero-order valence-electron chi connectivity index (χ0n) is 9.47. The Morgan fingerprint density at radius 3 is 2.59 bits per heavy atom. The van der Waals surface area contributed by atoms with Crippen LogP contribution in [0, 0.1) is 6.92 Å². The minimum absolute atomic E-state index is 0.244. The van der Waals surface area contributed by atoms with E-state index >= 15 is 0 Å². The molecule has 4 heteroatoms. The molecule has 1 amide bonds. The van der Waals surface area contributed by atoms with Crippen molar-refractivity contribution in [2.75, 3.05) is 11.1 Å². The number of pyridine rings is 1. The molecule has 1 aromatic heterocycles. The number of nitrogens with one attached hydrogen (secondary N) is 1. The lowest BCUT2D eigenvalue weighted by atomic mass is 10.2. The predicted molar refractivity (Wildman–Crippen MR) is 67.8 cm³/mol. The molecule has 0 atom stereocenters. The van der Waals surface area contributed by atoms with Crippen molar-refractivity contribution >= 4 is 17.3 Å². The van der Waals surface area contributed by atoms with Crippen LogP contribution in [-0.4, -0.2) is 10.9 Å². The summed E-state index contributed by atoms with van der Waals surface area (Å²) in [6.45, 7) is 1.99. The zero-order valence-corrected chi connectivity index (χ0v) is 9.47. The Morgan fingerprint density at radius 1 is 1.24 bits per heavy atom. The van der Waals surface area contributed by atoms with E-state index in [0.29, 0.717) is 5.69 Å². The predicted octanol–water partition coefficient (Wildman–Crippen LogP) is 2.22. The van der Waals surface area contributed by atoms with Gasteiger partial charge in [0.1, 0.15) is 0 Å². The van der Waals surface area contributed by atoms with Crippen LogP contribution in [0.3, 0.4) is 0 Å². The molecule has 0 saturated carbocycles. The third-order valence-electron chi connectivity index (χ3n) is 2.36. The van der Waals surface area contributed by atoms with Crippen molar-refractivity contribution in [2.24, 2.45) is 0 Å². The first-order valence-electron chi connectivity index (χ1n) is 5.25. The van der Waals surface area contributed by atoms with Gasteiger partial charge in [-0.2, -0.15) is 0 Å². The number of hydrogen-bond donors (Lipinski definition) is 2. The van der Waals surface area contributed by atoms with E-state index in [0.717, 1.165) is 11.3 Å². The number of nitrogens with two attached hydrogens (primary N) is 1. The molecule has 2 aromatic rings. The number of benzene rings is 1. The molecule has 0 saturated heterocycles. The van der Waals surface area contributed by atoms with Crippen LogP contribution in [0.2, 0.25) is 0 Å². The first-order valence-corrected chi connectivity index (χ1v) is 5.25. The molecule has 0 bridgehead atoms. The van der Waals surface area contributed by atoms with E-state index in [2.05, 4.69) is 10.3 Å². The fourth-order valence-corrected chi connectivity index (χ4v) is 1.43. The van der Waals surface area contributed by atoms with Crippen LogP contribution in [0.5, 0.6) is 0 Å². The van der Waals surface area contributed by atoms with Gasteiger partial charge in [-0.15, -0.1) is 0 Å². The van der Waals surface area contributed by atoms with Crippen molar-refractivity contribution in [3.05, 3.63) is 53.9 Å². The van der Waals surface area contributed by atoms with Crippen LogP contribution in [-0.2, 0) is 0 Å². The molecule has 0 radical (unpaired) electrons. The van der Waals surface area contributed by atoms with Crippen LogP contribution in [0.25, 0.3) is 0 Å². The Kier molecular flexibility index (Phi) is 3.05. The maximum absolute atomic E-state index is 11.9. The summed E-state index contributed by atoms with van der Waals surface area (Å²) >= 11 is 0. The fraction of sp³-hybridized carbons (Fsp3) is 0.0769. The van der Waals surface area contributed by atoms with Gasteiger partial charge in [0.15, 0.2) is 5.69 Å². The maximum atomic E-state index is 11.9. The summed E-state index contributed by atoms with van der Waals surface area (Å²) in [5.74, 6) is -0.299. The number of rotatable bonds is 2. The van der Waals surface area contributed by atoms with Crippen molar-refractivity contribution in [3.63, 3.8) is 0 Å². The van der Waals surface area contributed by atoms with Gasteiger partial charge in [0.2, 0.25) is 0 Å². The highest BCUT2D eigenvalue weighted by Gasteiger charge is 2.10. The number of nitrogens with zero attached hydrogens (tertiary/aromatic N) is 1. The third kappa shape index (κ3) is 2.60. The SMILES string of the molecule is Cc1ccc(NC(=O)c2ncccc2N)cc1. The number of anilines is 2. The average Bonchev–Trinajstić information content (AvgIpc) is 2.32. The molecule has 0 aliphatic rings. The highest BCUT2D eigenvalue weighted by Crippen LogP contribution is 2.12. The van der Waals surface area contributed by atoms with Crippen molar-refractivity contribution < 1.29 is 4.79 Å². The number of amides is 1. The minimum Gasteiger partial charge on any atom is -0.397 e. The molecule has 1 heterocycles. The lowest BCUT2D eigenvalue weighted by Gasteiger charge is -2.06. The molecule has 0 spiro atoms. The molecule has 2 rings (SSSR count). The van der Waals surface area contributed by atoms with Gasteiger partial charge in [-0.25, -0.2) is 4.98 Å². The average molecular weight is 227 g/mol. The normalized spacial score (nSPS) is 9.94. The zero-order chi connectivity index (χ0) is 12.3. The summed E-state index contributed by atoms with van der Waals surface area (Å²) in [5, 5.41) is 2.74. The standard InChI is InChI=1S/C13H13N3O/c1-9-4-6-10(7-5-9)16-13(17)12-11(14)3-2-8-15-12/h2-8H,14H2,1H3,(H,16,17). The quantitative estimate of drug-likeness (QED) is 0.826. The largest absolute Gasteiger partial charge is 0.397 e. The van der Waals surface area contributed by atoms with Gasteiger partial charge in [-0.05, 0) is 31.2 Å². The van der Waals surface area contributed by atoms with Crippen molar-refractivity contribution in [1.29, 1.82) is 0 Å². The van der Waals surface area contributed by atoms with Gasteiger partial charge in [-0.3, -0.25) is 4.79 Å². The third-order valence-corrected chi connectivity index (χ3v) is 2.36. The number of hydrogen-bond acceptors (Lipinski definition) is 3. The van der Waals surface area contributed by atoms with Crippen LogP contribution >= 0.6 is 0 Å². The first kappa shape index (κ1) is 11.1. The number of nitrogen functional groups attached to an aromatic ring is 1. The molecule has 0 aliphatic carbocycles. The topological polar surface area (TPSA) is 68.0 Å². The van der Waals surface area contributed by atoms with Gasteiger partial charge in [0.25, 0.3) is 5.91 Å². The van der Waals surface area contributed by atoms with Crippen LogP contribution < -0.4 is 11.1 Å². The highest BCUT2D eigenvalue weighted by atomic mass is 16.1. The maximum Gasteiger partial charge on any atom is 0.276 e. The molecule has 3 N–H and O–H groups in total. The van der Waals surface area contributed by atoms with Crippen LogP contribution in [0.1, 0.15) is 16.1 Å². The van der Waals surface area contributed by atoms with E-state index in [1.54, 1.807) is 18.3 Å². The monoisotopic (exact) mass is 227 g/mol. The van der Waals surface area contributed by atoms with Crippen LogP contribution in [0.4, 0.5) is 11.4 Å². The van der Waals surface area contributed by atoms with E-state index in [-0.39, 0.29) is 11.6 Å². The van der Waals surface area contributed by atoms with Gasteiger partial charge < -0.3 is 11.1 Å². The molecule has 17 heavy (non-hydrogen) atoms. The first-order chi connectivity index (χ1) is 8.16. The number of aromatic nitrogens is 1. The molecule has 0 aliphatic heterocycles. The van der Waals surface area contributed by atoms with Gasteiger partial charge >= 0.3 is 0 Å². The molecule has 0 unspecified atom stereocenters. The second-order valence-electron chi connectivity index (χ2n) is 3.76. The van der Waals surface area contributed by atoms with Crippen LogP contribution in [0.15, 0.2) is 42.6 Å². The highest BCUT2D eigenvalue weighted by molar-refractivity contribution is 6.06. The van der Waals surface area contributed by atoms with Gasteiger partial charge in [0, 0.05) is 11.9 Å². The molecule has 0 fully saturated rings. The Morgan fingerprint density at radius 2 is 1.94 bits per heavy atom. The smallest absolute Gasteiger partial charge is 0.276 e. The second kappa shape index (κ2) is 4.65. The van der Waals surface area contributed by atoms with Gasteiger partial charge in [-0.1, -0.05) is 17.7 Å². The Labute approximate surface area is 99.5 Å². The number of aryl methyl sites for hydroxylation is 1. The summed E-state index contributed by atoms with van der Waals surface area (Å²) in [6, 6.07) is 10.9. The lowest BCUT2D eigenvalue weighted by Crippen LogP contribution is -2.15. The Balaban J connectivity index is 2.17. The van der Waals surface area contributed by atoms with E-state index in [4.69, 9.17) is 5.73 Å². The van der Waals surface area contributed by atoms with Crippen molar-refractivity contribution in [1.82, 2.24) is 4.98 Å². The molecule has 4 nitrogen and oxygen atoms in total. The van der Waals surface area contributed by atoms with E-state index in [9.17, 15) is 4.79 Å². The molecular formula is C13H13N3O. The van der Waals surface area contributed by atoms with Crippen molar-refractivity contribution in [3.8, 4) is 0 Å². The van der Waals surface area contributed by atoms with Gasteiger partial charge in [0.05, 0.1) is 5.69 Å². The Bertz CT molecular complexity index is 535. The Hall–Kier alpha value is -2.36. The fourth-order valence-electron chi connectivity index (χ4n) is 1.43. The summed E-state index contributed by atoms with van der Waals surface area (Å²) < 4.78 is 0. The second-order valence-corrected chi connectivity index (χ2v) is 3.76. The summed E-state index contributed by atoms with van der Waals surface area (Å²) in [4.78, 5) is 15.8. The van der Waals surface area contributed by atoms with E-state index in [1.165, 1.54) is 0 Å². The van der Waals surface area contributed by atoms with E-state index in [1.807, 2.05) is 31.2 Å². The van der Waals surface area contributed by atoms with Crippen molar-refractivity contribution in [2.45, 2.75) is 6.92 Å². The van der Waals surface area contributed by atoms with E-state index < -0.39 is 0 Å². The summed E-state index contributed by atoms with van der Waals surface area (Å²) in [7, 11) is 0. The number of carbonyl (C=O) groups is 1. The minimum atomic E-state index is -0.299. The summed E-state index contributed by atoms with van der Waals surface area (Å²) in [6.07, 6.45) is 1.54. The number of carbonyl (C=O) groups excluding carboxylic acids is 1. The summed E-state index contributed by atoms with van der Waals surface area (Å²) in [5.41, 5.74) is 8.16. The molecule has 86 valence electrons. The molecular weight excluding hydrogens is 214 g/mol. The lowest BCUT2D eigenvalue weighted by molar-refractivity contribution is 0.102. The molecule has 1 aromatic carbocycles.